The molecule has 0 amide bonds. The van der Waals surface area contributed by atoms with Gasteiger partial charge in [-0.25, -0.2) is 5.01 Å². The molecule has 0 saturated carbocycles. The van der Waals surface area contributed by atoms with Crippen molar-refractivity contribution in [3.8, 4) is 0 Å². The van der Waals surface area contributed by atoms with E-state index in [1.165, 1.54) is 18.7 Å². The number of hydrazine groups is 1. The third kappa shape index (κ3) is 1.90. The Labute approximate surface area is 86.1 Å². The Bertz CT molecular complexity index is 284. The summed E-state index contributed by atoms with van der Waals surface area (Å²) in [5.74, 6) is 0. The van der Waals surface area contributed by atoms with Gasteiger partial charge in [0, 0.05) is 19.1 Å². The Morgan fingerprint density at radius 3 is 2.50 bits per heavy atom. The number of para-hydroxylation sites is 1. The maximum absolute atomic E-state index is 2.42. The van der Waals surface area contributed by atoms with E-state index in [0.29, 0.717) is 0 Å². The number of benzene rings is 1. The van der Waals surface area contributed by atoms with Gasteiger partial charge >= 0.3 is 0 Å². The van der Waals surface area contributed by atoms with Gasteiger partial charge in [-0.1, -0.05) is 25.1 Å². The Hall–Kier alpha value is -1.02. The second-order valence-electron chi connectivity index (χ2n) is 3.93. The van der Waals surface area contributed by atoms with E-state index in [4.69, 9.17) is 0 Å². The van der Waals surface area contributed by atoms with Crippen LogP contribution in [0.5, 0.6) is 0 Å². The van der Waals surface area contributed by atoms with Crippen LogP contribution >= 0.6 is 0 Å². The summed E-state index contributed by atoms with van der Waals surface area (Å²) in [6, 6.07) is 11.4. The maximum atomic E-state index is 2.42. The van der Waals surface area contributed by atoms with Crippen molar-refractivity contribution < 1.29 is 0 Å². The molecule has 1 aromatic carbocycles. The van der Waals surface area contributed by atoms with E-state index in [9.17, 15) is 0 Å². The first-order valence-corrected chi connectivity index (χ1v) is 5.42. The van der Waals surface area contributed by atoms with Crippen molar-refractivity contribution in [1.29, 1.82) is 0 Å². The topological polar surface area (TPSA) is 6.25 Å². The van der Waals surface area contributed by atoms with Crippen molar-refractivity contribution in [3.05, 3.63) is 30.3 Å². The van der Waals surface area contributed by atoms with Crippen molar-refractivity contribution in [3.63, 3.8) is 0 Å². The number of nitrogens with zero attached hydrogens (tertiary/aromatic N) is 2. The summed E-state index contributed by atoms with van der Waals surface area (Å²) in [4.78, 5) is 0. The fourth-order valence-corrected chi connectivity index (χ4v) is 1.78. The lowest BCUT2D eigenvalue weighted by molar-refractivity contribution is 0.464. The standard InChI is InChI=1S/C12H18N2/c1-3-9-13(14-10-11(14)2)12-7-5-4-6-8-12/h4-8,11H,3,9-10H2,1-2H3. The minimum Gasteiger partial charge on any atom is -0.305 e. The van der Waals surface area contributed by atoms with Gasteiger partial charge in [0.25, 0.3) is 0 Å². The third-order valence-electron chi connectivity index (χ3n) is 2.63. The second-order valence-corrected chi connectivity index (χ2v) is 3.93. The summed E-state index contributed by atoms with van der Waals surface area (Å²) in [6.07, 6.45) is 1.19. The smallest absolute Gasteiger partial charge is 0.0522 e. The highest BCUT2D eigenvalue weighted by Gasteiger charge is 2.34. The van der Waals surface area contributed by atoms with Crippen LogP contribution in [0.4, 0.5) is 5.69 Å². The SMILES string of the molecule is CCCN(c1ccccc1)N1CC1C. The summed E-state index contributed by atoms with van der Waals surface area (Å²) >= 11 is 0. The predicted octanol–water partition coefficient (Wildman–Crippen LogP) is 2.52. The van der Waals surface area contributed by atoms with E-state index in [1.807, 2.05) is 0 Å². The number of anilines is 1. The van der Waals surface area contributed by atoms with Crippen molar-refractivity contribution in [2.24, 2.45) is 0 Å². The highest BCUT2D eigenvalue weighted by Crippen LogP contribution is 2.26. The van der Waals surface area contributed by atoms with E-state index in [-0.39, 0.29) is 0 Å². The van der Waals surface area contributed by atoms with Crippen LogP contribution in [0.1, 0.15) is 20.3 Å². The zero-order valence-electron chi connectivity index (χ0n) is 8.98. The lowest BCUT2D eigenvalue weighted by Crippen LogP contribution is -2.31. The quantitative estimate of drug-likeness (QED) is 0.673. The maximum Gasteiger partial charge on any atom is 0.0522 e. The third-order valence-corrected chi connectivity index (χ3v) is 2.63. The first kappa shape index (κ1) is 9.53. The van der Waals surface area contributed by atoms with Crippen LogP contribution < -0.4 is 5.01 Å². The van der Waals surface area contributed by atoms with Crippen molar-refractivity contribution >= 4 is 5.69 Å². The Balaban J connectivity index is 2.11. The van der Waals surface area contributed by atoms with Crippen molar-refractivity contribution in [1.82, 2.24) is 5.01 Å². The average molecular weight is 190 g/mol. The normalized spacial score (nSPS) is 24.7. The van der Waals surface area contributed by atoms with E-state index in [0.717, 1.165) is 12.6 Å². The van der Waals surface area contributed by atoms with Crippen LogP contribution in [-0.2, 0) is 0 Å². The van der Waals surface area contributed by atoms with Gasteiger partial charge in [-0.3, -0.25) is 0 Å². The molecule has 0 bridgehead atoms. The molecule has 1 aliphatic rings. The van der Waals surface area contributed by atoms with Gasteiger partial charge in [0.2, 0.25) is 0 Å². The van der Waals surface area contributed by atoms with Gasteiger partial charge in [-0.05, 0) is 25.5 Å². The molecule has 1 aromatic rings. The molecular weight excluding hydrogens is 172 g/mol. The zero-order chi connectivity index (χ0) is 9.97. The van der Waals surface area contributed by atoms with E-state index in [2.05, 4.69) is 54.2 Å². The molecule has 2 rings (SSSR count). The largest absolute Gasteiger partial charge is 0.305 e. The van der Waals surface area contributed by atoms with Gasteiger partial charge in [0.05, 0.1) is 5.69 Å². The average Bonchev–Trinajstić information content (AvgIpc) is 2.93. The van der Waals surface area contributed by atoms with Gasteiger partial charge in [-0.15, -0.1) is 0 Å². The molecule has 1 saturated heterocycles. The van der Waals surface area contributed by atoms with Crippen molar-refractivity contribution in [2.75, 3.05) is 18.1 Å². The monoisotopic (exact) mass is 190 g/mol. The molecule has 1 aliphatic heterocycles. The van der Waals surface area contributed by atoms with Gasteiger partial charge in [-0.2, -0.15) is 0 Å². The molecule has 1 heterocycles. The Morgan fingerprint density at radius 2 is 2.00 bits per heavy atom. The van der Waals surface area contributed by atoms with Gasteiger partial charge in [0.15, 0.2) is 0 Å². The molecule has 0 spiro atoms. The fourth-order valence-electron chi connectivity index (χ4n) is 1.78. The molecule has 2 atom stereocenters. The lowest BCUT2D eigenvalue weighted by Gasteiger charge is -2.25. The highest BCUT2D eigenvalue weighted by molar-refractivity contribution is 5.45. The van der Waals surface area contributed by atoms with Crippen LogP contribution in [0.3, 0.4) is 0 Å². The molecule has 0 aliphatic carbocycles. The number of rotatable bonds is 4. The van der Waals surface area contributed by atoms with Gasteiger partial charge in [0.1, 0.15) is 0 Å². The molecule has 0 aromatic heterocycles. The van der Waals surface area contributed by atoms with Crippen LogP contribution in [0, 0.1) is 0 Å². The molecule has 14 heavy (non-hydrogen) atoms. The molecule has 2 heteroatoms. The second kappa shape index (κ2) is 4.01. The Kier molecular flexibility index (Phi) is 2.73. The molecule has 2 nitrogen and oxygen atoms in total. The van der Waals surface area contributed by atoms with Crippen LogP contribution in [-0.4, -0.2) is 24.1 Å². The minimum atomic E-state index is 0.724. The molecule has 1 fully saturated rings. The molecule has 76 valence electrons. The first-order valence-electron chi connectivity index (χ1n) is 5.42. The molecule has 0 N–H and O–H groups in total. The summed E-state index contributed by atoms with van der Waals surface area (Å²) in [5.41, 5.74) is 1.32. The first-order chi connectivity index (χ1) is 6.83. The van der Waals surface area contributed by atoms with Crippen LogP contribution in [0.15, 0.2) is 30.3 Å². The van der Waals surface area contributed by atoms with Gasteiger partial charge < -0.3 is 5.01 Å². The van der Waals surface area contributed by atoms with Crippen LogP contribution in [0.2, 0.25) is 0 Å². The molecule has 2 unspecified atom stereocenters. The zero-order valence-corrected chi connectivity index (χ0v) is 8.98. The predicted molar refractivity (Wildman–Crippen MR) is 60.2 cm³/mol. The summed E-state index contributed by atoms with van der Waals surface area (Å²) in [7, 11) is 0. The number of hydrogen-bond donors (Lipinski definition) is 0. The summed E-state index contributed by atoms with van der Waals surface area (Å²) in [6.45, 7) is 6.82. The fraction of sp³-hybridized carbons (Fsp3) is 0.500. The van der Waals surface area contributed by atoms with Crippen molar-refractivity contribution in [2.45, 2.75) is 26.3 Å². The summed E-state index contributed by atoms with van der Waals surface area (Å²) in [5, 5.41) is 4.81. The highest BCUT2D eigenvalue weighted by atomic mass is 15.7. The van der Waals surface area contributed by atoms with E-state index in [1.54, 1.807) is 0 Å². The van der Waals surface area contributed by atoms with E-state index >= 15 is 0 Å². The summed E-state index contributed by atoms with van der Waals surface area (Å²) < 4.78 is 0. The lowest BCUT2D eigenvalue weighted by atomic mass is 10.3. The Morgan fingerprint density at radius 1 is 1.36 bits per heavy atom. The molecule has 0 radical (unpaired) electrons. The minimum absolute atomic E-state index is 0.724. The van der Waals surface area contributed by atoms with Crippen LogP contribution in [0.25, 0.3) is 0 Å². The number of hydrogen-bond acceptors (Lipinski definition) is 2. The molecular formula is C12H18N2. The van der Waals surface area contributed by atoms with E-state index < -0.39 is 0 Å².